The number of aromatic amines is 1. The molecule has 2 aromatic heterocycles. The van der Waals surface area contributed by atoms with Crippen LogP contribution in [0, 0.1) is 0 Å². The molecule has 1 saturated carbocycles. The molecule has 1 fully saturated rings. The van der Waals surface area contributed by atoms with E-state index in [1.165, 1.54) is 0 Å². The number of aromatic nitrogens is 3. The Labute approximate surface area is 131 Å². The van der Waals surface area contributed by atoms with Crippen LogP contribution in [0.2, 0.25) is 0 Å². The zero-order valence-corrected chi connectivity index (χ0v) is 12.4. The monoisotopic (exact) mass is 319 g/mol. The molecular formula is C17H16F3N3. The summed E-state index contributed by atoms with van der Waals surface area (Å²) in [6.45, 7) is 0. The van der Waals surface area contributed by atoms with Crippen molar-refractivity contribution in [2.45, 2.75) is 37.8 Å². The summed E-state index contributed by atoms with van der Waals surface area (Å²) in [6.07, 6.45) is 2.44. The van der Waals surface area contributed by atoms with Gasteiger partial charge in [0.1, 0.15) is 5.82 Å². The fourth-order valence-electron chi connectivity index (χ4n) is 3.40. The van der Waals surface area contributed by atoms with Crippen LogP contribution in [0.3, 0.4) is 0 Å². The van der Waals surface area contributed by atoms with Gasteiger partial charge < -0.3 is 9.55 Å². The molecule has 0 aliphatic heterocycles. The standard InChI is InChI=1S/C17H16F3N3/c18-17(19,20)15-10-23(16(22-15)11-3-1-2-4-11)13-5-6-14-12(9-13)7-8-21-14/h5-11,21H,1-4H2. The van der Waals surface area contributed by atoms with E-state index in [0.717, 1.165) is 48.5 Å². The van der Waals surface area contributed by atoms with Crippen molar-refractivity contribution in [2.24, 2.45) is 0 Å². The fourth-order valence-corrected chi connectivity index (χ4v) is 3.40. The number of H-pyrrole nitrogens is 1. The van der Waals surface area contributed by atoms with E-state index in [4.69, 9.17) is 0 Å². The maximum atomic E-state index is 13.1. The second kappa shape index (κ2) is 5.15. The fraction of sp³-hybridized carbons (Fsp3) is 0.353. The highest BCUT2D eigenvalue weighted by atomic mass is 19.4. The molecule has 0 spiro atoms. The van der Waals surface area contributed by atoms with Gasteiger partial charge in [-0.25, -0.2) is 4.98 Å². The quantitative estimate of drug-likeness (QED) is 0.706. The Hall–Kier alpha value is -2.24. The molecule has 0 amide bonds. The van der Waals surface area contributed by atoms with Gasteiger partial charge in [-0.2, -0.15) is 13.2 Å². The van der Waals surface area contributed by atoms with Crippen LogP contribution in [0.5, 0.6) is 0 Å². The van der Waals surface area contributed by atoms with Crippen molar-refractivity contribution in [1.82, 2.24) is 14.5 Å². The molecule has 0 bridgehead atoms. The van der Waals surface area contributed by atoms with Gasteiger partial charge in [-0.1, -0.05) is 12.8 Å². The van der Waals surface area contributed by atoms with Gasteiger partial charge in [-0.3, -0.25) is 0 Å². The van der Waals surface area contributed by atoms with Gasteiger partial charge in [0, 0.05) is 34.9 Å². The molecule has 3 aromatic rings. The number of benzene rings is 1. The number of nitrogens with zero attached hydrogens (tertiary/aromatic N) is 2. The van der Waals surface area contributed by atoms with Crippen LogP contribution in [-0.4, -0.2) is 14.5 Å². The minimum atomic E-state index is -4.42. The summed E-state index contributed by atoms with van der Waals surface area (Å²) in [7, 11) is 0. The molecule has 0 atom stereocenters. The van der Waals surface area contributed by atoms with Crippen molar-refractivity contribution in [2.75, 3.05) is 0 Å². The van der Waals surface area contributed by atoms with Crippen LogP contribution in [-0.2, 0) is 6.18 Å². The van der Waals surface area contributed by atoms with E-state index in [9.17, 15) is 13.2 Å². The van der Waals surface area contributed by atoms with E-state index < -0.39 is 11.9 Å². The minimum Gasteiger partial charge on any atom is -0.361 e. The Morgan fingerprint density at radius 3 is 2.65 bits per heavy atom. The van der Waals surface area contributed by atoms with Crippen LogP contribution in [0.15, 0.2) is 36.7 Å². The zero-order valence-electron chi connectivity index (χ0n) is 12.4. The lowest BCUT2D eigenvalue weighted by atomic mass is 10.1. The van der Waals surface area contributed by atoms with Crippen molar-refractivity contribution in [3.63, 3.8) is 0 Å². The molecule has 1 N–H and O–H groups in total. The van der Waals surface area contributed by atoms with Gasteiger partial charge in [0.2, 0.25) is 0 Å². The number of nitrogens with one attached hydrogen (secondary N) is 1. The van der Waals surface area contributed by atoms with Crippen LogP contribution >= 0.6 is 0 Å². The summed E-state index contributed by atoms with van der Waals surface area (Å²) in [4.78, 5) is 7.03. The van der Waals surface area contributed by atoms with Gasteiger partial charge in [0.15, 0.2) is 5.69 Å². The smallest absolute Gasteiger partial charge is 0.361 e. The molecule has 0 unspecified atom stereocenters. The molecule has 4 rings (SSSR count). The number of alkyl halides is 3. The van der Waals surface area contributed by atoms with Crippen LogP contribution in [0.4, 0.5) is 13.2 Å². The van der Waals surface area contributed by atoms with Crippen LogP contribution in [0.25, 0.3) is 16.6 Å². The number of hydrogen-bond acceptors (Lipinski definition) is 1. The van der Waals surface area contributed by atoms with Crippen molar-refractivity contribution < 1.29 is 13.2 Å². The predicted molar refractivity (Wildman–Crippen MR) is 81.6 cm³/mol. The average molecular weight is 319 g/mol. The number of halogens is 3. The molecular weight excluding hydrogens is 303 g/mol. The molecule has 6 heteroatoms. The first-order valence-corrected chi connectivity index (χ1v) is 7.76. The van der Waals surface area contributed by atoms with Gasteiger partial charge in [-0.15, -0.1) is 0 Å². The second-order valence-corrected chi connectivity index (χ2v) is 6.08. The van der Waals surface area contributed by atoms with E-state index in [1.807, 2.05) is 30.5 Å². The molecule has 120 valence electrons. The van der Waals surface area contributed by atoms with Gasteiger partial charge in [-0.05, 0) is 37.1 Å². The molecule has 0 saturated heterocycles. The Kier molecular flexibility index (Phi) is 3.21. The summed E-state index contributed by atoms with van der Waals surface area (Å²) in [5.74, 6) is 0.637. The average Bonchev–Trinajstić information content (AvgIpc) is 3.24. The highest BCUT2D eigenvalue weighted by Crippen LogP contribution is 2.37. The van der Waals surface area contributed by atoms with E-state index in [0.29, 0.717) is 5.82 Å². The summed E-state index contributed by atoms with van der Waals surface area (Å²) in [5.41, 5.74) is 0.878. The number of fused-ring (bicyclic) bond motifs is 1. The molecule has 23 heavy (non-hydrogen) atoms. The first-order valence-electron chi connectivity index (χ1n) is 7.76. The molecule has 0 radical (unpaired) electrons. The van der Waals surface area contributed by atoms with E-state index in [1.54, 1.807) is 4.57 Å². The lowest BCUT2D eigenvalue weighted by molar-refractivity contribution is -0.141. The summed E-state index contributed by atoms with van der Waals surface area (Å²) in [5, 5.41) is 0.974. The van der Waals surface area contributed by atoms with Gasteiger partial charge >= 0.3 is 6.18 Å². The minimum absolute atomic E-state index is 0.105. The highest BCUT2D eigenvalue weighted by molar-refractivity contribution is 5.81. The largest absolute Gasteiger partial charge is 0.434 e. The molecule has 3 nitrogen and oxygen atoms in total. The third kappa shape index (κ3) is 2.52. The van der Waals surface area contributed by atoms with Crippen LogP contribution < -0.4 is 0 Å². The number of rotatable bonds is 2. The maximum absolute atomic E-state index is 13.1. The molecule has 1 aliphatic carbocycles. The lowest BCUT2D eigenvalue weighted by Crippen LogP contribution is -2.06. The normalized spacial score (nSPS) is 16.5. The van der Waals surface area contributed by atoms with E-state index in [-0.39, 0.29) is 5.92 Å². The molecule has 2 heterocycles. The molecule has 1 aliphatic rings. The topological polar surface area (TPSA) is 33.6 Å². The number of imidazole rings is 1. The zero-order chi connectivity index (χ0) is 16.0. The Balaban J connectivity index is 1.86. The van der Waals surface area contributed by atoms with Gasteiger partial charge in [0.05, 0.1) is 0 Å². The van der Waals surface area contributed by atoms with Crippen molar-refractivity contribution in [1.29, 1.82) is 0 Å². The predicted octanol–water partition coefficient (Wildman–Crippen LogP) is 5.03. The van der Waals surface area contributed by atoms with E-state index in [2.05, 4.69) is 9.97 Å². The highest BCUT2D eigenvalue weighted by Gasteiger charge is 2.36. The van der Waals surface area contributed by atoms with E-state index >= 15 is 0 Å². The first-order chi connectivity index (χ1) is 11.0. The number of hydrogen-bond donors (Lipinski definition) is 1. The van der Waals surface area contributed by atoms with Crippen molar-refractivity contribution in [3.8, 4) is 5.69 Å². The Bertz CT molecular complexity index is 838. The van der Waals surface area contributed by atoms with Crippen molar-refractivity contribution in [3.05, 3.63) is 48.2 Å². The Morgan fingerprint density at radius 2 is 1.91 bits per heavy atom. The summed E-state index contributed by atoms with van der Waals surface area (Å²) >= 11 is 0. The SMILES string of the molecule is FC(F)(F)c1cn(-c2ccc3[nH]ccc3c2)c(C2CCCC2)n1. The summed E-state index contributed by atoms with van der Waals surface area (Å²) in [6, 6.07) is 7.53. The maximum Gasteiger partial charge on any atom is 0.434 e. The Morgan fingerprint density at radius 1 is 1.13 bits per heavy atom. The second-order valence-electron chi connectivity index (χ2n) is 6.08. The third-order valence-corrected chi connectivity index (χ3v) is 4.56. The molecule has 1 aromatic carbocycles. The van der Waals surface area contributed by atoms with Crippen molar-refractivity contribution >= 4 is 10.9 Å². The van der Waals surface area contributed by atoms with Gasteiger partial charge in [0.25, 0.3) is 0 Å². The first kappa shape index (κ1) is 14.4. The lowest BCUT2D eigenvalue weighted by Gasteiger charge is -2.12. The third-order valence-electron chi connectivity index (χ3n) is 4.56. The van der Waals surface area contributed by atoms with Crippen LogP contribution in [0.1, 0.15) is 43.1 Å². The summed E-state index contributed by atoms with van der Waals surface area (Å²) < 4.78 is 40.9.